The quantitative estimate of drug-likeness (QED) is 0.722. The second-order valence-corrected chi connectivity index (χ2v) is 6.87. The van der Waals surface area contributed by atoms with Gasteiger partial charge in [0.2, 0.25) is 5.95 Å². The number of rotatable bonds is 4. The van der Waals surface area contributed by atoms with Crippen LogP contribution in [0.2, 0.25) is 0 Å². The van der Waals surface area contributed by atoms with Crippen LogP contribution >= 0.6 is 0 Å². The van der Waals surface area contributed by atoms with Crippen molar-refractivity contribution in [3.63, 3.8) is 0 Å². The second kappa shape index (κ2) is 7.05. The minimum atomic E-state index is -0.390. The van der Waals surface area contributed by atoms with Crippen LogP contribution < -0.4 is 5.73 Å². The summed E-state index contributed by atoms with van der Waals surface area (Å²) in [6.45, 7) is 3.04. The molecule has 0 saturated carbocycles. The van der Waals surface area contributed by atoms with Crippen LogP contribution in [0.3, 0.4) is 0 Å². The first-order valence-electron chi connectivity index (χ1n) is 8.93. The zero-order valence-electron chi connectivity index (χ0n) is 15.4. The van der Waals surface area contributed by atoms with Crippen LogP contribution in [0.1, 0.15) is 27.2 Å². The Morgan fingerprint density at radius 3 is 2.86 bits per heavy atom. The SMILES string of the molecule is Cc1cnc(N)nc1-c1cc2n(c1)CCN(Cc1cc(F)ccc1CO)C2=O. The number of carbonyl (C=O) groups is 1. The highest BCUT2D eigenvalue weighted by molar-refractivity contribution is 5.95. The van der Waals surface area contributed by atoms with Crippen LogP contribution in [0, 0.1) is 12.7 Å². The van der Waals surface area contributed by atoms with Crippen LogP contribution in [0.4, 0.5) is 10.3 Å². The molecule has 1 aliphatic heterocycles. The molecule has 28 heavy (non-hydrogen) atoms. The highest BCUT2D eigenvalue weighted by Crippen LogP contribution is 2.27. The molecule has 4 rings (SSSR count). The minimum Gasteiger partial charge on any atom is -0.392 e. The van der Waals surface area contributed by atoms with Crippen molar-refractivity contribution in [1.82, 2.24) is 19.4 Å². The van der Waals surface area contributed by atoms with E-state index in [1.807, 2.05) is 17.7 Å². The predicted octanol–water partition coefficient (Wildman–Crippen LogP) is 2.12. The molecule has 0 radical (unpaired) electrons. The standard InChI is InChI=1S/C20H20FN5O2/c1-12-8-23-20(22)24-18(12)15-7-17-19(28)26(5-4-25(17)10-15)9-14-6-16(21)3-2-13(14)11-27/h2-3,6-8,10,27H,4-5,9,11H2,1H3,(H2,22,23,24). The number of carbonyl (C=O) groups excluding carboxylic acids is 1. The van der Waals surface area contributed by atoms with E-state index < -0.39 is 0 Å². The molecule has 0 fully saturated rings. The highest BCUT2D eigenvalue weighted by atomic mass is 19.1. The second-order valence-electron chi connectivity index (χ2n) is 6.87. The molecule has 1 aliphatic rings. The minimum absolute atomic E-state index is 0.148. The Morgan fingerprint density at radius 2 is 2.07 bits per heavy atom. The molecule has 1 amide bonds. The number of aliphatic hydroxyl groups excluding tert-OH is 1. The van der Waals surface area contributed by atoms with E-state index >= 15 is 0 Å². The monoisotopic (exact) mass is 381 g/mol. The molecule has 7 nitrogen and oxygen atoms in total. The van der Waals surface area contributed by atoms with E-state index in [1.54, 1.807) is 23.2 Å². The van der Waals surface area contributed by atoms with Crippen molar-refractivity contribution >= 4 is 11.9 Å². The number of benzene rings is 1. The van der Waals surface area contributed by atoms with Gasteiger partial charge in [0, 0.05) is 37.6 Å². The van der Waals surface area contributed by atoms with Crippen molar-refractivity contribution < 1.29 is 14.3 Å². The average Bonchev–Trinajstić information content (AvgIpc) is 3.11. The van der Waals surface area contributed by atoms with Crippen molar-refractivity contribution in [2.45, 2.75) is 26.6 Å². The molecule has 0 saturated heterocycles. The fraction of sp³-hybridized carbons (Fsp3) is 0.250. The van der Waals surface area contributed by atoms with Gasteiger partial charge in [-0.1, -0.05) is 6.07 Å². The van der Waals surface area contributed by atoms with E-state index in [1.165, 1.54) is 12.1 Å². The molecule has 0 bridgehead atoms. The number of fused-ring (bicyclic) bond motifs is 1. The zero-order chi connectivity index (χ0) is 19.8. The van der Waals surface area contributed by atoms with Crippen LogP contribution in [0.25, 0.3) is 11.3 Å². The van der Waals surface area contributed by atoms with Gasteiger partial charge in [-0.2, -0.15) is 0 Å². The van der Waals surface area contributed by atoms with Gasteiger partial charge in [0.1, 0.15) is 11.5 Å². The summed E-state index contributed by atoms with van der Waals surface area (Å²) in [5.74, 6) is -0.357. The number of nitrogens with two attached hydrogens (primary N) is 1. The summed E-state index contributed by atoms with van der Waals surface area (Å²) in [6.07, 6.45) is 3.55. The lowest BCUT2D eigenvalue weighted by Crippen LogP contribution is -2.39. The molecule has 8 heteroatoms. The summed E-state index contributed by atoms with van der Waals surface area (Å²) in [4.78, 5) is 22.9. The van der Waals surface area contributed by atoms with Crippen LogP contribution in [0.15, 0.2) is 36.7 Å². The molecule has 0 aliphatic carbocycles. The Kier molecular flexibility index (Phi) is 4.56. The summed E-state index contributed by atoms with van der Waals surface area (Å²) in [7, 11) is 0. The number of aliphatic hydroxyl groups is 1. The van der Waals surface area contributed by atoms with Gasteiger partial charge in [-0.15, -0.1) is 0 Å². The van der Waals surface area contributed by atoms with Crippen molar-refractivity contribution in [2.24, 2.45) is 0 Å². The molecular weight excluding hydrogens is 361 g/mol. The van der Waals surface area contributed by atoms with Gasteiger partial charge in [0.15, 0.2) is 0 Å². The van der Waals surface area contributed by atoms with E-state index in [0.717, 1.165) is 11.1 Å². The fourth-order valence-electron chi connectivity index (χ4n) is 3.50. The molecule has 3 N–H and O–H groups in total. The molecule has 0 atom stereocenters. The first-order valence-corrected chi connectivity index (χ1v) is 8.93. The molecule has 1 aromatic carbocycles. The van der Waals surface area contributed by atoms with Crippen molar-refractivity contribution in [2.75, 3.05) is 12.3 Å². The Hall–Kier alpha value is -3.26. The molecule has 0 unspecified atom stereocenters. The highest BCUT2D eigenvalue weighted by Gasteiger charge is 2.26. The topological polar surface area (TPSA) is 97.3 Å². The normalized spacial score (nSPS) is 13.7. The van der Waals surface area contributed by atoms with Gasteiger partial charge in [-0.05, 0) is 41.8 Å². The lowest BCUT2D eigenvalue weighted by molar-refractivity contribution is 0.0689. The molecule has 3 heterocycles. The third-order valence-corrected chi connectivity index (χ3v) is 4.98. The Bertz CT molecular complexity index is 1060. The third-order valence-electron chi connectivity index (χ3n) is 4.98. The van der Waals surface area contributed by atoms with Gasteiger partial charge < -0.3 is 20.3 Å². The number of hydrogen-bond donors (Lipinski definition) is 2. The number of aromatic nitrogens is 3. The summed E-state index contributed by atoms with van der Waals surface area (Å²) in [5, 5.41) is 9.49. The zero-order valence-corrected chi connectivity index (χ0v) is 15.4. The number of halogens is 1. The summed E-state index contributed by atoms with van der Waals surface area (Å²) >= 11 is 0. The van der Waals surface area contributed by atoms with Gasteiger partial charge in [-0.3, -0.25) is 4.79 Å². The van der Waals surface area contributed by atoms with Gasteiger partial charge in [0.05, 0.1) is 12.3 Å². The lowest BCUT2D eigenvalue weighted by Gasteiger charge is -2.29. The predicted molar refractivity (Wildman–Crippen MR) is 102 cm³/mol. The Labute approximate surface area is 161 Å². The van der Waals surface area contributed by atoms with Crippen LogP contribution in [0.5, 0.6) is 0 Å². The molecule has 3 aromatic rings. The number of anilines is 1. The fourth-order valence-corrected chi connectivity index (χ4v) is 3.50. The number of nitrogen functional groups attached to an aromatic ring is 1. The molecular formula is C20H20FN5O2. The van der Waals surface area contributed by atoms with E-state index in [0.29, 0.717) is 35.6 Å². The van der Waals surface area contributed by atoms with Gasteiger partial charge >= 0.3 is 0 Å². The van der Waals surface area contributed by atoms with Gasteiger partial charge in [-0.25, -0.2) is 14.4 Å². The van der Waals surface area contributed by atoms with Crippen molar-refractivity contribution in [1.29, 1.82) is 0 Å². The van der Waals surface area contributed by atoms with E-state index in [2.05, 4.69) is 9.97 Å². The van der Waals surface area contributed by atoms with Gasteiger partial charge in [0.25, 0.3) is 5.91 Å². The van der Waals surface area contributed by atoms with Crippen molar-refractivity contribution in [3.05, 3.63) is 64.9 Å². The first kappa shape index (κ1) is 18.1. The Balaban J connectivity index is 1.63. The maximum Gasteiger partial charge on any atom is 0.270 e. The average molecular weight is 381 g/mol. The number of amides is 1. The van der Waals surface area contributed by atoms with E-state index in [4.69, 9.17) is 5.73 Å². The summed E-state index contributed by atoms with van der Waals surface area (Å²) in [6, 6.07) is 6.01. The number of aryl methyl sites for hydroxylation is 1. The molecule has 0 spiro atoms. The molecule has 144 valence electrons. The summed E-state index contributed by atoms with van der Waals surface area (Å²) < 4.78 is 15.5. The smallest absolute Gasteiger partial charge is 0.270 e. The van der Waals surface area contributed by atoms with E-state index in [-0.39, 0.29) is 30.8 Å². The largest absolute Gasteiger partial charge is 0.392 e. The van der Waals surface area contributed by atoms with E-state index in [9.17, 15) is 14.3 Å². The molecule has 2 aromatic heterocycles. The van der Waals surface area contributed by atoms with Crippen LogP contribution in [-0.2, 0) is 19.7 Å². The van der Waals surface area contributed by atoms with Crippen molar-refractivity contribution in [3.8, 4) is 11.3 Å². The summed E-state index contributed by atoms with van der Waals surface area (Å²) in [5.41, 5.74) is 9.84. The number of hydrogen-bond acceptors (Lipinski definition) is 5. The lowest BCUT2D eigenvalue weighted by atomic mass is 10.1. The maximum absolute atomic E-state index is 13.6. The Morgan fingerprint density at radius 1 is 1.25 bits per heavy atom. The third kappa shape index (κ3) is 3.22. The number of nitrogens with zero attached hydrogens (tertiary/aromatic N) is 4. The first-order chi connectivity index (χ1) is 13.5. The van der Waals surface area contributed by atoms with Crippen LogP contribution in [-0.4, -0.2) is 37.0 Å². The maximum atomic E-state index is 13.6.